The van der Waals surface area contributed by atoms with E-state index < -0.39 is 10.2 Å². The van der Waals surface area contributed by atoms with Crippen molar-refractivity contribution in [3.8, 4) is 0 Å². The first-order chi connectivity index (χ1) is 9.55. The lowest BCUT2D eigenvalue weighted by Gasteiger charge is -2.36. The summed E-state index contributed by atoms with van der Waals surface area (Å²) in [7, 11) is -1.24. The molecular formula is C14H29N3O2S. The Morgan fingerprint density at radius 2 is 1.45 bits per heavy atom. The molecule has 2 aliphatic rings. The fraction of sp³-hybridized carbons (Fsp3) is 1.00. The normalized spacial score (nSPS) is 26.3. The number of piperidine rings is 1. The van der Waals surface area contributed by atoms with E-state index in [1.54, 1.807) is 8.61 Å². The van der Waals surface area contributed by atoms with Crippen molar-refractivity contribution in [3.63, 3.8) is 0 Å². The van der Waals surface area contributed by atoms with Crippen LogP contribution in [0.15, 0.2) is 0 Å². The van der Waals surface area contributed by atoms with E-state index in [9.17, 15) is 8.42 Å². The van der Waals surface area contributed by atoms with Crippen LogP contribution in [-0.2, 0) is 10.2 Å². The Kier molecular flexibility index (Phi) is 5.84. The Bertz CT molecular complexity index is 383. The summed E-state index contributed by atoms with van der Waals surface area (Å²) in [5.41, 5.74) is 0. The smallest absolute Gasteiger partial charge is 0.281 e. The van der Waals surface area contributed by atoms with Crippen LogP contribution in [0.3, 0.4) is 0 Å². The molecule has 0 aromatic rings. The molecule has 0 aliphatic carbocycles. The van der Waals surface area contributed by atoms with Crippen LogP contribution in [0.5, 0.6) is 0 Å². The molecule has 118 valence electrons. The van der Waals surface area contributed by atoms with E-state index >= 15 is 0 Å². The highest BCUT2D eigenvalue weighted by atomic mass is 32.2. The van der Waals surface area contributed by atoms with Crippen LogP contribution in [0, 0.1) is 5.92 Å². The molecule has 2 fully saturated rings. The summed E-state index contributed by atoms with van der Waals surface area (Å²) in [5.74, 6) is 0.593. The average Bonchev–Trinajstić information content (AvgIpc) is 2.76. The molecule has 6 heteroatoms. The van der Waals surface area contributed by atoms with Crippen LogP contribution >= 0.6 is 0 Å². The van der Waals surface area contributed by atoms with E-state index in [0.29, 0.717) is 38.1 Å². The zero-order valence-electron chi connectivity index (χ0n) is 12.8. The highest BCUT2D eigenvalue weighted by Gasteiger charge is 2.33. The quantitative estimate of drug-likeness (QED) is 0.855. The Balaban J connectivity index is 1.94. The first kappa shape index (κ1) is 16.2. The van der Waals surface area contributed by atoms with Gasteiger partial charge in [0.15, 0.2) is 0 Å². The highest BCUT2D eigenvalue weighted by molar-refractivity contribution is 7.86. The summed E-state index contributed by atoms with van der Waals surface area (Å²) in [5, 5.41) is 3.28. The van der Waals surface area contributed by atoms with Gasteiger partial charge in [-0.2, -0.15) is 17.0 Å². The Morgan fingerprint density at radius 1 is 0.950 bits per heavy atom. The summed E-state index contributed by atoms with van der Waals surface area (Å²) in [6, 6.07) is 0.470. The maximum Gasteiger partial charge on any atom is 0.281 e. The molecule has 1 atom stereocenters. The second kappa shape index (κ2) is 7.20. The van der Waals surface area contributed by atoms with Crippen molar-refractivity contribution in [1.29, 1.82) is 0 Å². The van der Waals surface area contributed by atoms with E-state index in [-0.39, 0.29) is 0 Å². The number of nitrogens with one attached hydrogen (secondary N) is 1. The van der Waals surface area contributed by atoms with E-state index in [2.05, 4.69) is 12.2 Å². The lowest BCUT2D eigenvalue weighted by atomic mass is 9.91. The highest BCUT2D eigenvalue weighted by Crippen LogP contribution is 2.25. The molecule has 1 unspecified atom stereocenters. The molecule has 5 nitrogen and oxygen atoms in total. The third-order valence-corrected chi connectivity index (χ3v) is 6.91. The Morgan fingerprint density at radius 3 is 1.95 bits per heavy atom. The van der Waals surface area contributed by atoms with Gasteiger partial charge >= 0.3 is 0 Å². The first-order valence-electron chi connectivity index (χ1n) is 7.98. The van der Waals surface area contributed by atoms with Gasteiger partial charge in [0.05, 0.1) is 0 Å². The topological polar surface area (TPSA) is 52.7 Å². The SMILES string of the molecule is CNC(C)C1CCN(S(=O)(=O)N2CCCCCC2)CC1. The van der Waals surface area contributed by atoms with Gasteiger partial charge in [0.2, 0.25) is 0 Å². The average molecular weight is 303 g/mol. The van der Waals surface area contributed by atoms with Crippen molar-refractivity contribution in [2.45, 2.75) is 51.5 Å². The van der Waals surface area contributed by atoms with E-state index in [1.165, 1.54) is 0 Å². The van der Waals surface area contributed by atoms with Gasteiger partial charge < -0.3 is 5.32 Å². The molecule has 2 heterocycles. The van der Waals surface area contributed by atoms with Crippen LogP contribution in [0.25, 0.3) is 0 Å². The molecule has 0 radical (unpaired) electrons. The first-order valence-corrected chi connectivity index (χ1v) is 9.38. The van der Waals surface area contributed by atoms with Crippen molar-refractivity contribution >= 4 is 10.2 Å². The van der Waals surface area contributed by atoms with Gasteiger partial charge in [-0.15, -0.1) is 0 Å². The summed E-state index contributed by atoms with van der Waals surface area (Å²) < 4.78 is 28.8. The summed E-state index contributed by atoms with van der Waals surface area (Å²) in [6.45, 7) is 4.94. The zero-order valence-corrected chi connectivity index (χ0v) is 13.7. The minimum Gasteiger partial charge on any atom is -0.317 e. The van der Waals surface area contributed by atoms with Crippen LogP contribution < -0.4 is 5.32 Å². The molecule has 0 aromatic heterocycles. The van der Waals surface area contributed by atoms with Gasteiger partial charge in [-0.3, -0.25) is 0 Å². The molecule has 1 N–H and O–H groups in total. The minimum atomic E-state index is -3.22. The number of rotatable bonds is 4. The van der Waals surface area contributed by atoms with Gasteiger partial charge in [-0.25, -0.2) is 0 Å². The zero-order chi connectivity index (χ0) is 14.6. The second-order valence-corrected chi connectivity index (χ2v) is 8.06. The number of nitrogens with zero attached hydrogens (tertiary/aromatic N) is 2. The predicted molar refractivity (Wildman–Crippen MR) is 81.8 cm³/mol. The predicted octanol–water partition coefficient (Wildman–Crippen LogP) is 1.43. The van der Waals surface area contributed by atoms with Crippen LogP contribution in [0.4, 0.5) is 0 Å². The van der Waals surface area contributed by atoms with Crippen LogP contribution in [0.2, 0.25) is 0 Å². The van der Waals surface area contributed by atoms with Crippen molar-refractivity contribution in [1.82, 2.24) is 13.9 Å². The lowest BCUT2D eigenvalue weighted by molar-refractivity contribution is 0.224. The van der Waals surface area contributed by atoms with Gasteiger partial charge in [0.25, 0.3) is 10.2 Å². The van der Waals surface area contributed by atoms with Gasteiger partial charge in [0.1, 0.15) is 0 Å². The fourth-order valence-electron chi connectivity index (χ4n) is 3.28. The van der Waals surface area contributed by atoms with E-state index in [0.717, 1.165) is 38.5 Å². The standard InChI is InChI=1S/C14H29N3O2S/c1-13(15-2)14-7-11-17(12-8-14)20(18,19)16-9-5-3-4-6-10-16/h13-15H,3-12H2,1-2H3. The maximum absolute atomic E-state index is 12.7. The van der Waals surface area contributed by atoms with E-state index in [1.807, 2.05) is 7.05 Å². The molecule has 0 aromatic carbocycles. The van der Waals surface area contributed by atoms with Crippen molar-refractivity contribution < 1.29 is 8.42 Å². The number of hydrogen-bond donors (Lipinski definition) is 1. The molecular weight excluding hydrogens is 274 g/mol. The maximum atomic E-state index is 12.7. The van der Waals surface area contributed by atoms with Gasteiger partial charge in [-0.1, -0.05) is 12.8 Å². The fourth-order valence-corrected chi connectivity index (χ4v) is 5.00. The Labute approximate surface area is 123 Å². The molecule has 2 aliphatic heterocycles. The molecule has 0 amide bonds. The van der Waals surface area contributed by atoms with Gasteiger partial charge in [-0.05, 0) is 45.6 Å². The lowest BCUT2D eigenvalue weighted by Crippen LogP contribution is -2.49. The Hall–Kier alpha value is -0.170. The molecule has 2 saturated heterocycles. The summed E-state index contributed by atoms with van der Waals surface area (Å²) in [6.07, 6.45) is 6.27. The second-order valence-electron chi connectivity index (χ2n) is 6.13. The van der Waals surface area contributed by atoms with E-state index in [4.69, 9.17) is 0 Å². The molecule has 2 rings (SSSR count). The minimum absolute atomic E-state index is 0.470. The molecule has 20 heavy (non-hydrogen) atoms. The molecule has 0 saturated carbocycles. The molecule has 0 bridgehead atoms. The van der Waals surface area contributed by atoms with Crippen molar-refractivity contribution in [3.05, 3.63) is 0 Å². The van der Waals surface area contributed by atoms with Crippen LogP contribution in [-0.4, -0.2) is 56.3 Å². The van der Waals surface area contributed by atoms with Crippen molar-refractivity contribution in [2.75, 3.05) is 33.2 Å². The number of hydrogen-bond acceptors (Lipinski definition) is 3. The molecule has 0 spiro atoms. The van der Waals surface area contributed by atoms with Crippen molar-refractivity contribution in [2.24, 2.45) is 5.92 Å². The monoisotopic (exact) mass is 303 g/mol. The largest absolute Gasteiger partial charge is 0.317 e. The summed E-state index contributed by atoms with van der Waals surface area (Å²) in [4.78, 5) is 0. The van der Waals surface area contributed by atoms with Crippen LogP contribution in [0.1, 0.15) is 45.4 Å². The summed E-state index contributed by atoms with van der Waals surface area (Å²) >= 11 is 0. The third kappa shape index (κ3) is 3.72. The third-order valence-electron chi connectivity index (χ3n) is 4.88. The van der Waals surface area contributed by atoms with Gasteiger partial charge in [0, 0.05) is 32.2 Å².